The van der Waals surface area contributed by atoms with Gasteiger partial charge in [-0.1, -0.05) is 6.42 Å². The van der Waals surface area contributed by atoms with E-state index in [4.69, 9.17) is 14.6 Å². The molecule has 1 aliphatic carbocycles. The van der Waals surface area contributed by atoms with Crippen LogP contribution in [0.5, 0.6) is 0 Å². The smallest absolute Gasteiger partial charge is 0.371 e. The van der Waals surface area contributed by atoms with Crippen molar-refractivity contribution >= 4 is 31.9 Å². The van der Waals surface area contributed by atoms with Crippen LogP contribution in [0, 0.1) is 0 Å². The van der Waals surface area contributed by atoms with Gasteiger partial charge in [-0.25, -0.2) is 13.2 Å². The molecule has 2 N–H and O–H groups in total. The minimum atomic E-state index is -3.90. The first-order chi connectivity index (χ1) is 9.37. The molecule has 112 valence electrons. The topological polar surface area (TPSA) is 108 Å². The summed E-state index contributed by atoms with van der Waals surface area (Å²) < 4.78 is 31.0. The number of halogens is 1. The second kappa shape index (κ2) is 5.84. The maximum Gasteiger partial charge on any atom is 0.371 e. The number of furan rings is 1. The highest BCUT2D eigenvalue weighted by Gasteiger charge is 2.37. The van der Waals surface area contributed by atoms with Gasteiger partial charge in [-0.05, 0) is 28.8 Å². The van der Waals surface area contributed by atoms with Crippen LogP contribution in [-0.4, -0.2) is 48.1 Å². The van der Waals surface area contributed by atoms with E-state index in [-0.39, 0.29) is 28.8 Å². The summed E-state index contributed by atoms with van der Waals surface area (Å²) in [7, 11) is -3.90. The van der Waals surface area contributed by atoms with Crippen molar-refractivity contribution in [2.45, 2.75) is 30.2 Å². The molecule has 2 rings (SSSR count). The molecule has 1 aliphatic rings. The fourth-order valence-corrected chi connectivity index (χ4v) is 4.61. The molecule has 0 aromatic carbocycles. The van der Waals surface area contributed by atoms with Crippen LogP contribution >= 0.6 is 15.9 Å². The predicted molar refractivity (Wildman–Crippen MR) is 72.0 cm³/mol. The third kappa shape index (κ3) is 2.76. The number of carboxylic acid groups (broad SMARTS) is 1. The Hall–Kier alpha value is -0.900. The zero-order valence-corrected chi connectivity index (χ0v) is 12.9. The van der Waals surface area contributed by atoms with Crippen molar-refractivity contribution in [3.8, 4) is 0 Å². The molecule has 1 saturated carbocycles. The Morgan fingerprint density at radius 2 is 2.15 bits per heavy atom. The van der Waals surface area contributed by atoms with Crippen molar-refractivity contribution in [2.24, 2.45) is 0 Å². The van der Waals surface area contributed by atoms with E-state index in [9.17, 15) is 13.2 Å². The van der Waals surface area contributed by atoms with Gasteiger partial charge in [0, 0.05) is 18.7 Å². The lowest BCUT2D eigenvalue weighted by atomic mass is 9.93. The Kier molecular flexibility index (Phi) is 4.52. The van der Waals surface area contributed by atoms with Gasteiger partial charge < -0.3 is 14.6 Å². The van der Waals surface area contributed by atoms with Crippen LogP contribution in [0.25, 0.3) is 0 Å². The van der Waals surface area contributed by atoms with Crippen molar-refractivity contribution in [1.82, 2.24) is 4.31 Å². The van der Waals surface area contributed by atoms with Crippen LogP contribution in [0.4, 0.5) is 0 Å². The van der Waals surface area contributed by atoms with Gasteiger partial charge in [0.2, 0.25) is 15.8 Å². The third-order valence-corrected chi connectivity index (χ3v) is 6.06. The largest absolute Gasteiger partial charge is 0.475 e. The highest BCUT2D eigenvalue weighted by molar-refractivity contribution is 9.10. The van der Waals surface area contributed by atoms with E-state index in [0.29, 0.717) is 0 Å². The summed E-state index contributed by atoms with van der Waals surface area (Å²) in [6.45, 7) is -0.315. The van der Waals surface area contributed by atoms with Crippen LogP contribution in [0.1, 0.15) is 29.8 Å². The predicted octanol–water partition coefficient (Wildman–Crippen LogP) is 1.28. The minimum absolute atomic E-state index is 0.0208. The molecule has 1 aromatic heterocycles. The zero-order valence-electron chi connectivity index (χ0n) is 10.5. The van der Waals surface area contributed by atoms with E-state index in [2.05, 4.69) is 15.9 Å². The minimum Gasteiger partial charge on any atom is -0.475 e. The molecule has 1 fully saturated rings. The summed E-state index contributed by atoms with van der Waals surface area (Å²) >= 11 is 2.93. The Bertz CT molecular complexity index is 606. The first-order valence-electron chi connectivity index (χ1n) is 6.03. The Labute approximate surface area is 124 Å². The molecule has 1 aromatic rings. The molecule has 20 heavy (non-hydrogen) atoms. The quantitative estimate of drug-likeness (QED) is 0.783. The van der Waals surface area contributed by atoms with E-state index >= 15 is 0 Å². The Balaban J connectivity index is 2.39. The fourth-order valence-electron chi connectivity index (χ4n) is 2.03. The van der Waals surface area contributed by atoms with Crippen LogP contribution in [0.3, 0.4) is 0 Å². The van der Waals surface area contributed by atoms with E-state index in [0.717, 1.165) is 25.3 Å². The molecule has 1 heterocycles. The van der Waals surface area contributed by atoms with Gasteiger partial charge in [-0.3, -0.25) is 0 Å². The maximum atomic E-state index is 12.5. The lowest BCUT2D eigenvalue weighted by molar-refractivity contribution is 0.0661. The number of carbonyl (C=O) groups is 1. The first-order valence-corrected chi connectivity index (χ1v) is 8.26. The van der Waals surface area contributed by atoms with Crippen molar-refractivity contribution in [3.05, 3.63) is 16.5 Å². The SMILES string of the molecule is O=C(O)c1cc(S(=O)(=O)N(CCO)C2CCC2)c(Br)o1. The van der Waals surface area contributed by atoms with Crippen LogP contribution in [0.2, 0.25) is 0 Å². The highest BCUT2D eigenvalue weighted by Crippen LogP contribution is 2.34. The van der Waals surface area contributed by atoms with Crippen LogP contribution in [0.15, 0.2) is 20.0 Å². The van der Waals surface area contributed by atoms with Crippen molar-refractivity contribution in [3.63, 3.8) is 0 Å². The average Bonchev–Trinajstić information content (AvgIpc) is 2.69. The van der Waals surface area contributed by atoms with Gasteiger partial charge in [0.05, 0.1) is 6.61 Å². The number of rotatable bonds is 6. The summed E-state index contributed by atoms with van der Waals surface area (Å²) in [5, 5.41) is 17.9. The summed E-state index contributed by atoms with van der Waals surface area (Å²) in [6.07, 6.45) is 2.41. The monoisotopic (exact) mass is 367 g/mol. The van der Waals surface area contributed by atoms with E-state index in [1.165, 1.54) is 4.31 Å². The normalized spacial score (nSPS) is 16.4. The third-order valence-electron chi connectivity index (χ3n) is 3.26. The van der Waals surface area contributed by atoms with E-state index in [1.807, 2.05) is 0 Å². The summed E-state index contributed by atoms with van der Waals surface area (Å²) in [6, 6.07) is 0.826. The Morgan fingerprint density at radius 3 is 2.55 bits per heavy atom. The molecule has 0 amide bonds. The molecule has 0 spiro atoms. The van der Waals surface area contributed by atoms with Gasteiger partial charge in [-0.15, -0.1) is 0 Å². The molecule has 0 unspecified atom stereocenters. The van der Waals surface area contributed by atoms with Crippen molar-refractivity contribution in [1.29, 1.82) is 0 Å². The van der Waals surface area contributed by atoms with Gasteiger partial charge >= 0.3 is 5.97 Å². The molecule has 0 saturated heterocycles. The maximum absolute atomic E-state index is 12.5. The Morgan fingerprint density at radius 1 is 1.50 bits per heavy atom. The molecule has 0 radical (unpaired) electrons. The molecule has 9 heteroatoms. The molecular formula is C11H14BrNO6S. The fraction of sp³-hybridized carbons (Fsp3) is 0.545. The summed E-state index contributed by atoms with van der Waals surface area (Å²) in [5.74, 6) is -1.79. The summed E-state index contributed by atoms with van der Waals surface area (Å²) in [4.78, 5) is 10.6. The summed E-state index contributed by atoms with van der Waals surface area (Å²) in [5.41, 5.74) is 0. The highest BCUT2D eigenvalue weighted by atomic mass is 79.9. The average molecular weight is 368 g/mol. The van der Waals surface area contributed by atoms with Gasteiger partial charge in [0.1, 0.15) is 4.90 Å². The number of nitrogens with zero attached hydrogens (tertiary/aromatic N) is 1. The first kappa shape index (κ1) is 15.5. The number of carboxylic acids is 1. The number of aliphatic hydroxyl groups excluding tert-OH is 1. The molecular weight excluding hydrogens is 354 g/mol. The lowest BCUT2D eigenvalue weighted by Crippen LogP contribution is -2.45. The zero-order chi connectivity index (χ0) is 14.9. The van der Waals surface area contributed by atoms with E-state index < -0.39 is 21.8 Å². The van der Waals surface area contributed by atoms with E-state index in [1.54, 1.807) is 0 Å². The van der Waals surface area contributed by atoms with Gasteiger partial charge in [0.25, 0.3) is 0 Å². The molecule has 0 atom stereocenters. The van der Waals surface area contributed by atoms with Crippen LogP contribution < -0.4 is 0 Å². The van der Waals surface area contributed by atoms with Gasteiger partial charge in [-0.2, -0.15) is 4.31 Å². The molecule has 0 aliphatic heterocycles. The number of aromatic carboxylic acids is 1. The van der Waals surface area contributed by atoms with Gasteiger partial charge in [0.15, 0.2) is 4.67 Å². The number of hydrogen-bond acceptors (Lipinski definition) is 5. The number of aliphatic hydroxyl groups is 1. The standard InChI is InChI=1S/C11H14BrNO6S/c12-10-9(6-8(19-10)11(15)16)20(17,18)13(4-5-14)7-2-1-3-7/h6-7,14H,1-5H2,(H,15,16). The van der Waals surface area contributed by atoms with Crippen LogP contribution in [-0.2, 0) is 10.0 Å². The number of hydrogen-bond donors (Lipinski definition) is 2. The van der Waals surface area contributed by atoms with Crippen molar-refractivity contribution < 1.29 is 27.8 Å². The molecule has 7 nitrogen and oxygen atoms in total. The second-order valence-electron chi connectivity index (χ2n) is 4.48. The number of sulfonamides is 1. The second-order valence-corrected chi connectivity index (χ2v) is 7.06. The lowest BCUT2D eigenvalue weighted by Gasteiger charge is -2.35. The van der Waals surface area contributed by atoms with Crippen molar-refractivity contribution in [2.75, 3.05) is 13.2 Å². The molecule has 0 bridgehead atoms.